The zero-order valence-corrected chi connectivity index (χ0v) is 16.0. The standard InChI is InChI=1S/C12H22O11.C4H8O2/c13-1-3-5(15)6(16)9(19)12(22-3)23-10-4(2-14)21-11(20)8(18)7(10)17;1-3-6-4(2)5/h3-20H,1-2H2;3H2,1-2H3/t3-,4-,5+,6+,7-,8-,9-,10-,11?,12+;/m1./s1. The average molecular weight is 430 g/mol. The molecule has 0 bridgehead atoms. The molecule has 13 nitrogen and oxygen atoms in total. The Bertz CT molecular complexity index is 487. The van der Waals surface area contributed by atoms with Gasteiger partial charge in [-0.25, -0.2) is 0 Å². The zero-order valence-electron chi connectivity index (χ0n) is 16.0. The van der Waals surface area contributed by atoms with E-state index in [9.17, 15) is 40.5 Å². The van der Waals surface area contributed by atoms with Crippen LogP contribution >= 0.6 is 0 Å². The van der Waals surface area contributed by atoms with Crippen molar-refractivity contribution < 1.29 is 64.6 Å². The number of aliphatic hydroxyl groups is 8. The van der Waals surface area contributed by atoms with Crippen LogP contribution in [0.1, 0.15) is 13.8 Å². The van der Waals surface area contributed by atoms with Crippen LogP contribution in [0.2, 0.25) is 0 Å². The Kier molecular flexibility index (Phi) is 10.8. The maximum Gasteiger partial charge on any atom is 0.302 e. The maximum atomic E-state index is 9.94. The molecule has 2 aliphatic rings. The third-order valence-electron chi connectivity index (χ3n) is 4.33. The molecule has 29 heavy (non-hydrogen) atoms. The van der Waals surface area contributed by atoms with Gasteiger partial charge in [0.1, 0.15) is 48.8 Å². The predicted octanol–water partition coefficient (Wildman–Crippen LogP) is -4.83. The second-order valence-corrected chi connectivity index (χ2v) is 6.45. The smallest absolute Gasteiger partial charge is 0.302 e. The first-order chi connectivity index (χ1) is 13.6. The van der Waals surface area contributed by atoms with Crippen LogP contribution < -0.4 is 0 Å². The van der Waals surface area contributed by atoms with Crippen LogP contribution in [0.5, 0.6) is 0 Å². The fourth-order valence-electron chi connectivity index (χ4n) is 2.77. The Hall–Kier alpha value is -0.970. The fraction of sp³-hybridized carbons (Fsp3) is 0.938. The Morgan fingerprint density at radius 3 is 1.86 bits per heavy atom. The van der Waals surface area contributed by atoms with Crippen molar-refractivity contribution in [3.05, 3.63) is 0 Å². The Morgan fingerprint density at radius 1 is 0.828 bits per heavy atom. The number of esters is 1. The minimum Gasteiger partial charge on any atom is -0.466 e. The molecule has 0 saturated carbocycles. The number of rotatable bonds is 5. The van der Waals surface area contributed by atoms with Crippen molar-refractivity contribution in [3.63, 3.8) is 0 Å². The molecular formula is C16H30O13. The lowest BCUT2D eigenvalue weighted by Crippen LogP contribution is -2.64. The highest BCUT2D eigenvalue weighted by atomic mass is 16.7. The van der Waals surface area contributed by atoms with Crippen LogP contribution in [-0.2, 0) is 23.7 Å². The van der Waals surface area contributed by atoms with Gasteiger partial charge >= 0.3 is 5.97 Å². The van der Waals surface area contributed by atoms with Gasteiger partial charge < -0.3 is 59.8 Å². The highest BCUT2D eigenvalue weighted by molar-refractivity contribution is 5.65. The summed E-state index contributed by atoms with van der Waals surface area (Å²) >= 11 is 0. The van der Waals surface area contributed by atoms with E-state index >= 15 is 0 Å². The highest BCUT2D eigenvalue weighted by Crippen LogP contribution is 2.28. The van der Waals surface area contributed by atoms with E-state index in [1.165, 1.54) is 6.92 Å². The molecule has 0 amide bonds. The summed E-state index contributed by atoms with van der Waals surface area (Å²) in [5.41, 5.74) is 0. The van der Waals surface area contributed by atoms with Crippen molar-refractivity contribution in [2.24, 2.45) is 0 Å². The zero-order chi connectivity index (χ0) is 22.3. The largest absolute Gasteiger partial charge is 0.466 e. The lowest BCUT2D eigenvalue weighted by Gasteiger charge is -2.45. The Morgan fingerprint density at radius 2 is 1.41 bits per heavy atom. The molecule has 2 rings (SSSR count). The van der Waals surface area contributed by atoms with Gasteiger partial charge in [-0.3, -0.25) is 4.79 Å². The summed E-state index contributed by atoms with van der Waals surface area (Å²) in [6.07, 6.45) is -15.6. The Labute approximate surface area is 166 Å². The van der Waals surface area contributed by atoms with Crippen LogP contribution in [0, 0.1) is 0 Å². The van der Waals surface area contributed by atoms with Crippen molar-refractivity contribution in [2.45, 2.75) is 75.3 Å². The molecule has 2 heterocycles. The first kappa shape index (κ1) is 26.1. The van der Waals surface area contributed by atoms with Gasteiger partial charge in [-0.2, -0.15) is 0 Å². The third-order valence-corrected chi connectivity index (χ3v) is 4.33. The van der Waals surface area contributed by atoms with Crippen molar-refractivity contribution in [3.8, 4) is 0 Å². The molecule has 0 radical (unpaired) electrons. The van der Waals surface area contributed by atoms with Crippen molar-refractivity contribution in [1.82, 2.24) is 0 Å². The van der Waals surface area contributed by atoms with Crippen molar-refractivity contribution in [1.29, 1.82) is 0 Å². The molecule has 1 unspecified atom stereocenters. The second-order valence-electron chi connectivity index (χ2n) is 6.45. The average Bonchev–Trinajstić information content (AvgIpc) is 2.68. The molecule has 0 aromatic heterocycles. The normalized spacial score (nSPS) is 42.6. The predicted molar refractivity (Wildman–Crippen MR) is 90.9 cm³/mol. The van der Waals surface area contributed by atoms with Gasteiger partial charge in [0.2, 0.25) is 0 Å². The number of carbonyl (C=O) groups is 1. The number of hydrogen-bond donors (Lipinski definition) is 8. The topological polar surface area (TPSA) is 216 Å². The number of hydrogen-bond acceptors (Lipinski definition) is 13. The molecule has 0 aromatic carbocycles. The van der Waals surface area contributed by atoms with E-state index in [4.69, 9.17) is 19.3 Å². The van der Waals surface area contributed by atoms with Gasteiger partial charge in [-0.1, -0.05) is 0 Å². The van der Waals surface area contributed by atoms with Crippen LogP contribution in [0.15, 0.2) is 0 Å². The van der Waals surface area contributed by atoms with Crippen LogP contribution in [0.3, 0.4) is 0 Å². The molecule has 2 fully saturated rings. The van der Waals surface area contributed by atoms with Crippen molar-refractivity contribution >= 4 is 5.97 Å². The summed E-state index contributed by atoms with van der Waals surface area (Å²) in [6, 6.07) is 0. The molecule has 0 spiro atoms. The van der Waals surface area contributed by atoms with E-state index in [1.807, 2.05) is 0 Å². The third kappa shape index (κ3) is 6.77. The molecule has 13 heteroatoms. The summed E-state index contributed by atoms with van der Waals surface area (Å²) < 4.78 is 19.7. The minimum atomic E-state index is -1.74. The summed E-state index contributed by atoms with van der Waals surface area (Å²) in [5, 5.41) is 76.5. The molecular weight excluding hydrogens is 400 g/mol. The second kappa shape index (κ2) is 12.0. The van der Waals surface area contributed by atoms with E-state index in [0.717, 1.165) is 0 Å². The maximum absolute atomic E-state index is 9.94. The van der Waals surface area contributed by atoms with Gasteiger partial charge in [-0.05, 0) is 6.92 Å². The van der Waals surface area contributed by atoms with Gasteiger partial charge in [-0.15, -0.1) is 0 Å². The number of ether oxygens (including phenoxy) is 4. The van der Waals surface area contributed by atoms with E-state index in [1.54, 1.807) is 6.92 Å². The summed E-state index contributed by atoms with van der Waals surface area (Å²) in [4.78, 5) is 9.82. The van der Waals surface area contributed by atoms with Crippen LogP contribution in [-0.4, -0.2) is 128 Å². The SMILES string of the molecule is CCOC(C)=O.OC[C@H]1O[C@@H](O[C@H]2[C@H](O)[C@@H](O)C(O)O[C@@H]2CO)[C@H](O)[C@@H](O)[C@H]1O. The number of aliphatic hydroxyl groups excluding tert-OH is 8. The lowest BCUT2D eigenvalue weighted by atomic mass is 9.97. The first-order valence-electron chi connectivity index (χ1n) is 8.98. The van der Waals surface area contributed by atoms with Gasteiger partial charge in [0, 0.05) is 6.92 Å². The quantitative estimate of drug-likeness (QED) is 0.192. The number of carbonyl (C=O) groups excluding carboxylic acids is 1. The van der Waals surface area contributed by atoms with Gasteiger partial charge in [0.25, 0.3) is 0 Å². The minimum absolute atomic E-state index is 0.211. The van der Waals surface area contributed by atoms with E-state index in [-0.39, 0.29) is 5.97 Å². The highest BCUT2D eigenvalue weighted by Gasteiger charge is 2.50. The van der Waals surface area contributed by atoms with Crippen molar-refractivity contribution in [2.75, 3.05) is 19.8 Å². The summed E-state index contributed by atoms with van der Waals surface area (Å²) in [7, 11) is 0. The summed E-state index contributed by atoms with van der Waals surface area (Å²) in [6.45, 7) is 2.31. The van der Waals surface area contributed by atoms with E-state index in [0.29, 0.717) is 6.61 Å². The van der Waals surface area contributed by atoms with E-state index in [2.05, 4.69) is 4.74 Å². The van der Waals surface area contributed by atoms with Crippen LogP contribution in [0.25, 0.3) is 0 Å². The fourth-order valence-corrected chi connectivity index (χ4v) is 2.77. The molecule has 8 N–H and O–H groups in total. The first-order valence-corrected chi connectivity index (χ1v) is 8.98. The van der Waals surface area contributed by atoms with Crippen LogP contribution in [0.4, 0.5) is 0 Å². The Balaban J connectivity index is 0.000000612. The van der Waals surface area contributed by atoms with Gasteiger partial charge in [0.15, 0.2) is 12.6 Å². The van der Waals surface area contributed by atoms with E-state index < -0.39 is 74.6 Å². The monoisotopic (exact) mass is 430 g/mol. The molecule has 0 aliphatic carbocycles. The summed E-state index contributed by atoms with van der Waals surface area (Å²) in [5.74, 6) is -0.211. The molecule has 10 atom stereocenters. The molecule has 172 valence electrons. The molecule has 0 aromatic rings. The lowest BCUT2D eigenvalue weighted by molar-refractivity contribution is -0.355. The molecule has 2 saturated heterocycles. The molecule has 2 aliphatic heterocycles. The van der Waals surface area contributed by atoms with Gasteiger partial charge in [0.05, 0.1) is 19.8 Å².